The number of rotatable bonds is 5. The first kappa shape index (κ1) is 20.1. The lowest BCUT2D eigenvalue weighted by molar-refractivity contribution is -0.128. The van der Waals surface area contributed by atoms with Crippen LogP contribution in [-0.4, -0.2) is 41.9 Å². The normalized spacial score (nSPS) is 14.7. The average Bonchev–Trinajstić information content (AvgIpc) is 3.06. The fourth-order valence-electron chi connectivity index (χ4n) is 3.28. The summed E-state index contributed by atoms with van der Waals surface area (Å²) < 4.78 is 5.39. The van der Waals surface area contributed by atoms with Gasteiger partial charge in [0.25, 0.3) is 11.8 Å². The van der Waals surface area contributed by atoms with Crippen molar-refractivity contribution in [1.82, 2.24) is 15.2 Å². The zero-order chi connectivity index (χ0) is 20.1. The van der Waals surface area contributed by atoms with Crippen LogP contribution in [0, 0.1) is 13.8 Å². The van der Waals surface area contributed by atoms with Gasteiger partial charge in [0.1, 0.15) is 16.3 Å². The summed E-state index contributed by atoms with van der Waals surface area (Å²) in [5.41, 5.74) is 1.66. The molecule has 1 aliphatic heterocycles. The number of para-hydroxylation sites is 1. The highest BCUT2D eigenvalue weighted by atomic mass is 32.1. The van der Waals surface area contributed by atoms with Crippen molar-refractivity contribution in [3.8, 4) is 5.75 Å². The summed E-state index contributed by atoms with van der Waals surface area (Å²) in [5, 5.41) is 3.65. The highest BCUT2D eigenvalue weighted by Crippen LogP contribution is 2.22. The van der Waals surface area contributed by atoms with E-state index in [1.54, 1.807) is 25.0 Å². The molecule has 28 heavy (non-hydrogen) atoms. The minimum absolute atomic E-state index is 0.169. The molecule has 0 spiro atoms. The minimum atomic E-state index is -0.311. The number of amides is 2. The second-order valence-corrected chi connectivity index (χ2v) is 7.96. The van der Waals surface area contributed by atoms with E-state index in [0.717, 1.165) is 29.8 Å². The van der Waals surface area contributed by atoms with Crippen molar-refractivity contribution in [2.75, 3.05) is 20.2 Å². The fourth-order valence-corrected chi connectivity index (χ4v) is 4.10. The molecule has 1 fully saturated rings. The maximum atomic E-state index is 13.1. The van der Waals surface area contributed by atoms with E-state index in [2.05, 4.69) is 10.3 Å². The fraction of sp³-hybridized carbons (Fsp3) is 0.381. The Morgan fingerprint density at radius 3 is 2.54 bits per heavy atom. The Hall–Kier alpha value is -2.67. The van der Waals surface area contributed by atoms with E-state index in [-0.39, 0.29) is 17.5 Å². The first-order valence-corrected chi connectivity index (χ1v) is 10.2. The molecule has 3 rings (SSSR count). The number of carbonyl (C=O) groups excluding carboxylic acids is 2. The van der Waals surface area contributed by atoms with Crippen LogP contribution in [0.1, 0.15) is 45.2 Å². The van der Waals surface area contributed by atoms with E-state index in [1.807, 2.05) is 31.2 Å². The van der Waals surface area contributed by atoms with Crippen molar-refractivity contribution in [3.63, 3.8) is 0 Å². The van der Waals surface area contributed by atoms with E-state index >= 15 is 0 Å². The molecule has 1 N–H and O–H groups in total. The molecule has 148 valence electrons. The summed E-state index contributed by atoms with van der Waals surface area (Å²) in [5.74, 6) is 0.165. The lowest BCUT2D eigenvalue weighted by Crippen LogP contribution is -2.41. The summed E-state index contributed by atoms with van der Waals surface area (Å²) in [6.07, 6.45) is 4.78. The van der Waals surface area contributed by atoms with Gasteiger partial charge < -0.3 is 15.0 Å². The monoisotopic (exact) mass is 399 g/mol. The van der Waals surface area contributed by atoms with Crippen LogP contribution in [-0.2, 0) is 4.79 Å². The topological polar surface area (TPSA) is 71.5 Å². The largest absolute Gasteiger partial charge is 0.496 e. The Bertz CT molecular complexity index is 898. The Morgan fingerprint density at radius 2 is 1.89 bits per heavy atom. The zero-order valence-electron chi connectivity index (χ0n) is 16.4. The molecule has 6 nitrogen and oxygen atoms in total. The third kappa shape index (κ3) is 4.59. The quantitative estimate of drug-likeness (QED) is 0.781. The molecule has 1 aromatic carbocycles. The number of methoxy groups -OCH3 is 1. The van der Waals surface area contributed by atoms with Gasteiger partial charge in [-0.1, -0.05) is 18.2 Å². The number of nitrogens with one attached hydrogen (secondary N) is 1. The second kappa shape index (κ2) is 9.01. The number of piperidine rings is 1. The van der Waals surface area contributed by atoms with Crippen LogP contribution in [0.25, 0.3) is 6.08 Å². The number of benzene rings is 1. The number of ether oxygens (including phenoxy) is 1. The Labute approximate surface area is 169 Å². The van der Waals surface area contributed by atoms with E-state index < -0.39 is 0 Å². The molecular weight excluding hydrogens is 374 g/mol. The average molecular weight is 400 g/mol. The molecule has 0 atom stereocenters. The number of likely N-dealkylation sites (tertiary alicyclic amines) is 1. The molecular formula is C21H25N3O3S. The number of aryl methyl sites for hydroxylation is 2. The molecule has 7 heteroatoms. The van der Waals surface area contributed by atoms with Crippen molar-refractivity contribution in [1.29, 1.82) is 0 Å². The van der Waals surface area contributed by atoms with Gasteiger partial charge in [0.05, 0.1) is 17.8 Å². The third-order valence-corrected chi connectivity index (χ3v) is 5.74. The zero-order valence-corrected chi connectivity index (χ0v) is 17.3. The lowest BCUT2D eigenvalue weighted by atomic mass is 10.1. The van der Waals surface area contributed by atoms with Gasteiger partial charge in [-0.25, -0.2) is 4.98 Å². The molecule has 1 aliphatic rings. The summed E-state index contributed by atoms with van der Waals surface area (Å²) in [6, 6.07) is 7.42. The van der Waals surface area contributed by atoms with E-state index in [9.17, 15) is 9.59 Å². The van der Waals surface area contributed by atoms with Gasteiger partial charge in [0.2, 0.25) is 0 Å². The first-order chi connectivity index (χ1) is 13.5. The number of carbonyl (C=O) groups is 2. The van der Waals surface area contributed by atoms with Crippen LogP contribution >= 0.6 is 11.3 Å². The molecule has 2 heterocycles. The Morgan fingerprint density at radius 1 is 1.18 bits per heavy atom. The molecule has 0 bridgehead atoms. The smallest absolute Gasteiger partial charge is 0.270 e. The highest BCUT2D eigenvalue weighted by molar-refractivity contribution is 7.13. The van der Waals surface area contributed by atoms with Crippen LogP contribution in [0.15, 0.2) is 30.0 Å². The predicted octanol–water partition coefficient (Wildman–Crippen LogP) is 3.55. The van der Waals surface area contributed by atoms with Crippen molar-refractivity contribution in [2.24, 2.45) is 0 Å². The molecule has 2 amide bonds. The van der Waals surface area contributed by atoms with Gasteiger partial charge in [-0.05, 0) is 45.3 Å². The summed E-state index contributed by atoms with van der Waals surface area (Å²) in [7, 11) is 1.58. The van der Waals surface area contributed by atoms with Crippen molar-refractivity contribution >= 4 is 29.2 Å². The minimum Gasteiger partial charge on any atom is -0.496 e. The third-order valence-electron chi connectivity index (χ3n) is 4.67. The summed E-state index contributed by atoms with van der Waals surface area (Å²) in [6.45, 7) is 5.07. The van der Waals surface area contributed by atoms with E-state index in [0.29, 0.717) is 29.4 Å². The molecule has 0 unspecified atom stereocenters. The van der Waals surface area contributed by atoms with Gasteiger partial charge in [-0.15, -0.1) is 11.3 Å². The number of aromatic nitrogens is 1. The second-order valence-electron chi connectivity index (χ2n) is 6.75. The van der Waals surface area contributed by atoms with Crippen molar-refractivity contribution in [2.45, 2.75) is 33.1 Å². The van der Waals surface area contributed by atoms with Crippen LogP contribution in [0.5, 0.6) is 5.75 Å². The number of hydrogen-bond donors (Lipinski definition) is 1. The maximum Gasteiger partial charge on any atom is 0.270 e. The number of thiazole rings is 1. The van der Waals surface area contributed by atoms with Gasteiger partial charge >= 0.3 is 0 Å². The molecule has 1 saturated heterocycles. The summed E-state index contributed by atoms with van der Waals surface area (Å²) >= 11 is 1.33. The predicted molar refractivity (Wildman–Crippen MR) is 110 cm³/mol. The van der Waals surface area contributed by atoms with E-state index in [4.69, 9.17) is 4.74 Å². The molecule has 2 aromatic rings. The molecule has 0 saturated carbocycles. The Balaban J connectivity index is 1.94. The van der Waals surface area contributed by atoms with Gasteiger partial charge in [0.15, 0.2) is 0 Å². The number of hydrogen-bond acceptors (Lipinski definition) is 5. The van der Waals surface area contributed by atoms with Gasteiger partial charge in [-0.3, -0.25) is 9.59 Å². The number of nitrogens with zero attached hydrogens (tertiary/aromatic N) is 2. The van der Waals surface area contributed by atoms with Crippen molar-refractivity contribution < 1.29 is 14.3 Å². The van der Waals surface area contributed by atoms with Crippen molar-refractivity contribution in [3.05, 3.63) is 51.1 Å². The molecule has 0 radical (unpaired) electrons. The van der Waals surface area contributed by atoms with Crippen LogP contribution in [0.4, 0.5) is 0 Å². The van der Waals surface area contributed by atoms with E-state index in [1.165, 1.54) is 11.3 Å². The van der Waals surface area contributed by atoms with Crippen LogP contribution < -0.4 is 10.1 Å². The lowest BCUT2D eigenvalue weighted by Gasteiger charge is -2.27. The SMILES string of the molecule is COc1ccccc1/C=C(/NC(=O)c1sc(C)nc1C)C(=O)N1CCCCC1. The van der Waals surface area contributed by atoms with Gasteiger partial charge in [0, 0.05) is 18.7 Å². The standard InChI is InChI=1S/C21H25N3O3S/c1-14-19(28-15(2)22-14)20(25)23-17(21(26)24-11-7-4-8-12-24)13-16-9-5-6-10-18(16)27-3/h5-6,9-10,13H,4,7-8,11-12H2,1-3H3,(H,23,25)/b17-13+. The first-order valence-electron chi connectivity index (χ1n) is 9.39. The summed E-state index contributed by atoms with van der Waals surface area (Å²) in [4.78, 5) is 32.6. The molecule has 0 aliphatic carbocycles. The maximum absolute atomic E-state index is 13.1. The van der Waals surface area contributed by atoms with Crippen LogP contribution in [0.3, 0.4) is 0 Å². The van der Waals surface area contributed by atoms with Crippen LogP contribution in [0.2, 0.25) is 0 Å². The Kier molecular flexibility index (Phi) is 6.46. The molecule has 1 aromatic heterocycles. The highest BCUT2D eigenvalue weighted by Gasteiger charge is 2.24. The van der Waals surface area contributed by atoms with Gasteiger partial charge in [-0.2, -0.15) is 0 Å².